The number of nitrogens with zero attached hydrogens (tertiary/aromatic N) is 3. The molecule has 1 atom stereocenters. The average Bonchev–Trinajstić information content (AvgIpc) is 2.81. The maximum absolute atomic E-state index is 12.9. The monoisotopic (exact) mass is 454 g/mol. The van der Waals surface area contributed by atoms with Crippen LogP contribution in [0.25, 0.3) is 11.1 Å². The van der Waals surface area contributed by atoms with Crippen LogP contribution in [0, 0.1) is 0 Å². The molecule has 1 saturated heterocycles. The molecule has 160 valence electrons. The molecule has 0 radical (unpaired) electrons. The highest BCUT2D eigenvalue weighted by molar-refractivity contribution is 6.35. The van der Waals surface area contributed by atoms with Crippen LogP contribution in [0.5, 0.6) is 0 Å². The first kappa shape index (κ1) is 21.6. The molecule has 2 N–H and O–H groups in total. The lowest BCUT2D eigenvalue weighted by molar-refractivity contribution is -0.132. The molecule has 0 bridgehead atoms. The van der Waals surface area contributed by atoms with Crippen molar-refractivity contribution < 1.29 is 4.79 Å². The van der Waals surface area contributed by atoms with Gasteiger partial charge in [0, 0.05) is 59.9 Å². The highest BCUT2D eigenvalue weighted by Gasteiger charge is 2.26. The van der Waals surface area contributed by atoms with Crippen LogP contribution in [-0.2, 0) is 11.2 Å². The Morgan fingerprint density at radius 3 is 2.48 bits per heavy atom. The number of hydrogen-bond acceptors (Lipinski definition) is 4. The molecule has 2 aromatic carbocycles. The Labute approximate surface area is 192 Å². The van der Waals surface area contributed by atoms with Crippen molar-refractivity contribution in [1.82, 2.24) is 9.88 Å². The van der Waals surface area contributed by atoms with E-state index in [-0.39, 0.29) is 5.91 Å². The highest BCUT2D eigenvalue weighted by atomic mass is 35.5. The number of amides is 1. The lowest BCUT2D eigenvalue weighted by atomic mass is 10.0. The Balaban J connectivity index is 1.36. The Morgan fingerprint density at radius 2 is 1.77 bits per heavy atom. The molecular weight excluding hydrogens is 431 g/mol. The molecule has 1 fully saturated rings. The molecule has 0 spiro atoms. The van der Waals surface area contributed by atoms with Crippen molar-refractivity contribution in [3.63, 3.8) is 0 Å². The lowest BCUT2D eigenvalue weighted by Gasteiger charge is -2.37. The molecule has 1 aliphatic rings. The largest absolute Gasteiger partial charge is 0.368 e. The normalized spacial score (nSPS) is 15.1. The number of halogens is 2. The van der Waals surface area contributed by atoms with Gasteiger partial charge in [-0.1, -0.05) is 47.5 Å². The van der Waals surface area contributed by atoms with E-state index in [0.717, 1.165) is 35.5 Å². The number of carbonyl (C=O) groups is 1. The molecule has 0 aliphatic carbocycles. The fourth-order valence-electron chi connectivity index (χ4n) is 3.85. The first-order valence-corrected chi connectivity index (χ1v) is 11.0. The summed E-state index contributed by atoms with van der Waals surface area (Å²) in [5, 5.41) is 1.10. The second-order valence-corrected chi connectivity index (χ2v) is 8.49. The molecule has 0 saturated carbocycles. The van der Waals surface area contributed by atoms with Gasteiger partial charge in [0.1, 0.15) is 0 Å². The summed E-state index contributed by atoms with van der Waals surface area (Å²) in [6, 6.07) is 17.0. The molecule has 1 aliphatic heterocycles. The van der Waals surface area contributed by atoms with E-state index in [1.54, 1.807) is 18.3 Å². The maximum Gasteiger partial charge on any atom is 0.239 e. The van der Waals surface area contributed by atoms with E-state index in [4.69, 9.17) is 28.9 Å². The van der Waals surface area contributed by atoms with E-state index in [1.807, 2.05) is 23.2 Å². The molecule has 1 amide bonds. The number of anilines is 1. The lowest BCUT2D eigenvalue weighted by Crippen LogP contribution is -2.53. The van der Waals surface area contributed by atoms with Gasteiger partial charge in [0.15, 0.2) is 0 Å². The SMILES string of the molecule is NC(Cc1ccc(Cl)cc1Cl)C(=O)N1CCN(c2cccc(-c3cccnc3)c2)CC1. The van der Waals surface area contributed by atoms with Gasteiger partial charge in [-0.25, -0.2) is 0 Å². The Bertz CT molecular complexity index is 1050. The van der Waals surface area contributed by atoms with Crippen LogP contribution in [0.15, 0.2) is 67.0 Å². The molecular formula is C24H24Cl2N4O. The second-order valence-electron chi connectivity index (χ2n) is 7.65. The number of rotatable bonds is 5. The van der Waals surface area contributed by atoms with E-state index in [9.17, 15) is 4.79 Å². The smallest absolute Gasteiger partial charge is 0.239 e. The number of benzene rings is 2. The fraction of sp³-hybridized carbons (Fsp3) is 0.250. The Hall–Kier alpha value is -2.60. The number of piperazine rings is 1. The number of nitrogens with two attached hydrogens (primary N) is 1. The molecule has 4 rings (SSSR count). The number of pyridine rings is 1. The fourth-order valence-corrected chi connectivity index (χ4v) is 4.33. The first-order chi connectivity index (χ1) is 15.0. The number of carbonyl (C=O) groups excluding carboxylic acids is 1. The summed E-state index contributed by atoms with van der Waals surface area (Å²) in [6.45, 7) is 2.79. The van der Waals surface area contributed by atoms with Crippen molar-refractivity contribution in [2.75, 3.05) is 31.1 Å². The summed E-state index contributed by atoms with van der Waals surface area (Å²) in [5.41, 5.74) is 10.4. The zero-order valence-corrected chi connectivity index (χ0v) is 18.6. The van der Waals surface area contributed by atoms with Gasteiger partial charge >= 0.3 is 0 Å². The summed E-state index contributed by atoms with van der Waals surface area (Å²) in [6.07, 6.45) is 4.03. The van der Waals surface area contributed by atoms with Gasteiger partial charge in [-0.05, 0) is 47.9 Å². The van der Waals surface area contributed by atoms with Crippen molar-refractivity contribution in [2.45, 2.75) is 12.5 Å². The van der Waals surface area contributed by atoms with Gasteiger partial charge in [-0.2, -0.15) is 0 Å². The Kier molecular flexibility index (Phi) is 6.76. The van der Waals surface area contributed by atoms with Gasteiger partial charge in [0.25, 0.3) is 0 Å². The van der Waals surface area contributed by atoms with E-state index in [0.29, 0.717) is 29.6 Å². The van der Waals surface area contributed by atoms with Crippen LogP contribution in [0.1, 0.15) is 5.56 Å². The number of aromatic nitrogens is 1. The van der Waals surface area contributed by atoms with Crippen molar-refractivity contribution in [3.05, 3.63) is 82.6 Å². The summed E-state index contributed by atoms with van der Waals surface area (Å²) in [7, 11) is 0. The minimum atomic E-state index is -0.626. The van der Waals surface area contributed by atoms with Gasteiger partial charge in [-0.3, -0.25) is 9.78 Å². The van der Waals surface area contributed by atoms with Crippen molar-refractivity contribution in [2.24, 2.45) is 5.73 Å². The third-order valence-corrected chi connectivity index (χ3v) is 6.16. The van der Waals surface area contributed by atoms with E-state index in [1.165, 1.54) is 0 Å². The highest BCUT2D eigenvalue weighted by Crippen LogP contribution is 2.25. The maximum atomic E-state index is 12.9. The van der Waals surface area contributed by atoms with E-state index in [2.05, 4.69) is 40.2 Å². The zero-order valence-electron chi connectivity index (χ0n) is 17.0. The molecule has 31 heavy (non-hydrogen) atoms. The molecule has 7 heteroatoms. The zero-order chi connectivity index (χ0) is 21.8. The molecule has 1 unspecified atom stereocenters. The second kappa shape index (κ2) is 9.69. The minimum Gasteiger partial charge on any atom is -0.368 e. The van der Waals surface area contributed by atoms with Crippen LogP contribution in [-0.4, -0.2) is 48.0 Å². The summed E-state index contributed by atoms with van der Waals surface area (Å²) in [5.74, 6) is -0.0465. The third kappa shape index (κ3) is 5.18. The Morgan fingerprint density at radius 1 is 1.00 bits per heavy atom. The van der Waals surface area contributed by atoms with Crippen molar-refractivity contribution in [3.8, 4) is 11.1 Å². The summed E-state index contributed by atoms with van der Waals surface area (Å²) < 4.78 is 0. The van der Waals surface area contributed by atoms with Gasteiger partial charge < -0.3 is 15.5 Å². The van der Waals surface area contributed by atoms with Crippen LogP contribution < -0.4 is 10.6 Å². The van der Waals surface area contributed by atoms with Crippen LogP contribution in [0.3, 0.4) is 0 Å². The van der Waals surface area contributed by atoms with Crippen molar-refractivity contribution in [1.29, 1.82) is 0 Å². The van der Waals surface area contributed by atoms with Crippen molar-refractivity contribution >= 4 is 34.8 Å². The molecule has 1 aromatic heterocycles. The standard InChI is InChI=1S/C24H24Cl2N4O/c25-20-7-6-18(22(26)15-20)14-23(27)24(31)30-11-9-29(10-12-30)21-5-1-3-17(13-21)19-4-2-8-28-16-19/h1-8,13,15-16,23H,9-12,14,27H2. The predicted molar refractivity (Wildman–Crippen MR) is 127 cm³/mol. The summed E-state index contributed by atoms with van der Waals surface area (Å²) >= 11 is 12.2. The molecule has 3 aromatic rings. The van der Waals surface area contributed by atoms with E-state index < -0.39 is 6.04 Å². The predicted octanol–water partition coefficient (Wildman–Crippen LogP) is 4.27. The quantitative estimate of drug-likeness (QED) is 0.624. The van der Waals surface area contributed by atoms with E-state index >= 15 is 0 Å². The summed E-state index contributed by atoms with van der Waals surface area (Å²) in [4.78, 5) is 21.2. The molecule has 5 nitrogen and oxygen atoms in total. The first-order valence-electron chi connectivity index (χ1n) is 10.2. The third-order valence-electron chi connectivity index (χ3n) is 5.57. The average molecular weight is 455 g/mol. The topological polar surface area (TPSA) is 62.5 Å². The van der Waals surface area contributed by atoms with Crippen LogP contribution in [0.4, 0.5) is 5.69 Å². The number of hydrogen-bond donors (Lipinski definition) is 1. The van der Waals surface area contributed by atoms with Gasteiger partial charge in [-0.15, -0.1) is 0 Å². The van der Waals surface area contributed by atoms with Gasteiger partial charge in [0.05, 0.1) is 6.04 Å². The van der Waals surface area contributed by atoms with Gasteiger partial charge in [0.2, 0.25) is 5.91 Å². The minimum absolute atomic E-state index is 0.0465. The van der Waals surface area contributed by atoms with Crippen LogP contribution >= 0.6 is 23.2 Å². The van der Waals surface area contributed by atoms with Crippen LogP contribution in [0.2, 0.25) is 10.0 Å². The molecule has 2 heterocycles.